The van der Waals surface area contributed by atoms with E-state index in [4.69, 9.17) is 5.73 Å². The molecule has 1 saturated carbocycles. The Hall–Kier alpha value is -1.61. The zero-order chi connectivity index (χ0) is 25.2. The molecule has 0 aromatic carbocycles. The van der Waals surface area contributed by atoms with Gasteiger partial charge in [0.05, 0.1) is 0 Å². The minimum Gasteiger partial charge on any atom is -0.404 e. The first-order chi connectivity index (χ1) is 16.3. The smallest absolute Gasteiger partial charge is 0.0418 e. The summed E-state index contributed by atoms with van der Waals surface area (Å²) < 4.78 is 0. The van der Waals surface area contributed by atoms with Gasteiger partial charge in [-0.1, -0.05) is 84.3 Å². The summed E-state index contributed by atoms with van der Waals surface area (Å²) >= 11 is 0. The van der Waals surface area contributed by atoms with E-state index in [1.54, 1.807) is 6.20 Å². The predicted octanol–water partition coefficient (Wildman–Crippen LogP) is 7.82. The predicted molar refractivity (Wildman–Crippen MR) is 153 cm³/mol. The summed E-state index contributed by atoms with van der Waals surface area (Å²) in [6.45, 7) is 19.2. The minimum atomic E-state index is 0.452. The molecule has 3 rings (SSSR count). The third-order valence-corrected chi connectivity index (χ3v) is 6.72. The van der Waals surface area contributed by atoms with E-state index >= 15 is 0 Å². The first kappa shape index (κ1) is 30.4. The number of piperidine rings is 1. The number of rotatable bonds is 7. The molecule has 1 heterocycles. The van der Waals surface area contributed by atoms with E-state index in [9.17, 15) is 0 Å². The third-order valence-electron chi connectivity index (χ3n) is 6.72. The van der Waals surface area contributed by atoms with E-state index in [0.29, 0.717) is 11.8 Å². The lowest BCUT2D eigenvalue weighted by atomic mass is 9.90. The molecule has 3 nitrogen and oxygen atoms in total. The fraction of sp³-hybridized carbons (Fsp3) is 0.710. The van der Waals surface area contributed by atoms with Crippen molar-refractivity contribution in [3.05, 3.63) is 48.7 Å². The Bertz CT molecular complexity index is 624. The average molecular weight is 470 g/mol. The number of nitrogens with zero attached hydrogens (tertiary/aromatic N) is 2. The van der Waals surface area contributed by atoms with Gasteiger partial charge in [0.1, 0.15) is 0 Å². The minimum absolute atomic E-state index is 0.452. The number of hydrogen-bond donors (Lipinski definition) is 1. The Labute approximate surface area is 212 Å². The second kappa shape index (κ2) is 18.7. The van der Waals surface area contributed by atoms with Crippen LogP contribution in [0, 0.1) is 29.6 Å². The van der Waals surface area contributed by atoms with Gasteiger partial charge in [0.15, 0.2) is 0 Å². The second-order valence-corrected chi connectivity index (χ2v) is 11.2. The largest absolute Gasteiger partial charge is 0.404 e. The van der Waals surface area contributed by atoms with E-state index in [0.717, 1.165) is 29.9 Å². The molecule has 0 bridgehead atoms. The molecule has 1 aliphatic heterocycles. The molecule has 0 aromatic rings. The van der Waals surface area contributed by atoms with Crippen LogP contribution < -0.4 is 5.73 Å². The van der Waals surface area contributed by atoms with Crippen LogP contribution in [0.3, 0.4) is 0 Å². The van der Waals surface area contributed by atoms with Crippen LogP contribution in [0.2, 0.25) is 0 Å². The van der Waals surface area contributed by atoms with Crippen molar-refractivity contribution in [1.82, 2.24) is 4.90 Å². The first-order valence-electron chi connectivity index (χ1n) is 14.0. The van der Waals surface area contributed by atoms with Crippen molar-refractivity contribution in [3.8, 4) is 0 Å². The van der Waals surface area contributed by atoms with Gasteiger partial charge in [-0.2, -0.15) is 0 Å². The highest BCUT2D eigenvalue weighted by Crippen LogP contribution is 2.23. The molecule has 3 aliphatic rings. The van der Waals surface area contributed by atoms with Crippen molar-refractivity contribution < 1.29 is 0 Å². The molecule has 34 heavy (non-hydrogen) atoms. The highest BCUT2D eigenvalue weighted by atomic mass is 15.1. The molecule has 1 saturated heterocycles. The van der Waals surface area contributed by atoms with E-state index in [1.165, 1.54) is 71.0 Å². The summed E-state index contributed by atoms with van der Waals surface area (Å²) in [6.07, 6.45) is 25.6. The summed E-state index contributed by atoms with van der Waals surface area (Å²) in [6, 6.07) is 0. The second-order valence-electron chi connectivity index (χ2n) is 11.2. The van der Waals surface area contributed by atoms with Crippen LogP contribution in [0.4, 0.5) is 0 Å². The highest BCUT2D eigenvalue weighted by Gasteiger charge is 2.20. The van der Waals surface area contributed by atoms with Crippen LogP contribution in [-0.4, -0.2) is 37.3 Å². The molecular weight excluding hydrogens is 414 g/mol. The Kier molecular flexibility index (Phi) is 16.7. The monoisotopic (exact) mass is 469 g/mol. The highest BCUT2D eigenvalue weighted by molar-refractivity contribution is 5.78. The zero-order valence-corrected chi connectivity index (χ0v) is 23.1. The molecular formula is C31H55N3. The maximum atomic E-state index is 5.63. The number of nitrogens with two attached hydrogens (primary N) is 1. The first-order valence-corrected chi connectivity index (χ1v) is 14.0. The fourth-order valence-corrected chi connectivity index (χ4v) is 4.51. The van der Waals surface area contributed by atoms with Crippen molar-refractivity contribution >= 4 is 6.21 Å². The standard InChI is InChI=1S/C19H31N3.C8H14.C4H10/c1-16(2)19(12-20)14-21-13-17-8-10-22(11-9-17)15-18-6-4-3-5-7-18;1-2-8-6-4-3-5-7-8;1-4(2)3/h3-6,12,14,16-18H,7-11,13,15,20H2,1-2H3;2,8H,1,3-7H2;4H,1-3H3/b19-12+,21-14?;;. The number of likely N-dealkylation sites (tertiary alicyclic amines) is 1. The van der Waals surface area contributed by atoms with Crippen molar-refractivity contribution in [3.63, 3.8) is 0 Å². The Morgan fingerprint density at radius 3 is 2.15 bits per heavy atom. The molecule has 2 N–H and O–H groups in total. The third kappa shape index (κ3) is 14.6. The quantitative estimate of drug-likeness (QED) is 0.305. The lowest BCUT2D eigenvalue weighted by molar-refractivity contribution is 0.173. The van der Waals surface area contributed by atoms with Crippen LogP contribution in [0.1, 0.15) is 86.0 Å². The fourth-order valence-electron chi connectivity index (χ4n) is 4.51. The van der Waals surface area contributed by atoms with E-state index < -0.39 is 0 Å². The SMILES string of the molecule is C=CC1CCCCC1.CC(C)/C(C=NCC1CCN(CC2C=CC=CC2)CC1)=C/N.CC(C)C. The molecule has 3 heteroatoms. The zero-order valence-electron chi connectivity index (χ0n) is 23.1. The lowest BCUT2D eigenvalue weighted by Gasteiger charge is -2.33. The van der Waals surface area contributed by atoms with E-state index in [1.807, 2.05) is 6.21 Å². The summed E-state index contributed by atoms with van der Waals surface area (Å²) in [5.74, 6) is 3.58. The van der Waals surface area contributed by atoms with Gasteiger partial charge in [-0.15, -0.1) is 6.58 Å². The number of hydrogen-bond acceptors (Lipinski definition) is 3. The Morgan fingerprint density at radius 2 is 1.68 bits per heavy atom. The average Bonchev–Trinajstić information content (AvgIpc) is 2.84. The van der Waals surface area contributed by atoms with Gasteiger partial charge in [0.2, 0.25) is 0 Å². The van der Waals surface area contributed by atoms with Gasteiger partial charge in [0.25, 0.3) is 0 Å². The summed E-state index contributed by atoms with van der Waals surface area (Å²) in [5.41, 5.74) is 6.76. The van der Waals surface area contributed by atoms with Gasteiger partial charge >= 0.3 is 0 Å². The number of allylic oxidation sites excluding steroid dienone is 5. The molecule has 0 spiro atoms. The Morgan fingerprint density at radius 1 is 1.03 bits per heavy atom. The summed E-state index contributed by atoms with van der Waals surface area (Å²) in [5, 5.41) is 0. The topological polar surface area (TPSA) is 41.6 Å². The number of aliphatic imine (C=N–C) groups is 1. The molecule has 1 atom stereocenters. The molecule has 0 amide bonds. The van der Waals surface area contributed by atoms with Crippen molar-refractivity contribution in [2.24, 2.45) is 40.3 Å². The van der Waals surface area contributed by atoms with Gasteiger partial charge in [-0.05, 0) is 86.6 Å². The van der Waals surface area contributed by atoms with E-state index in [2.05, 4.69) is 81.5 Å². The van der Waals surface area contributed by atoms with Crippen molar-refractivity contribution in [2.45, 2.75) is 86.0 Å². The van der Waals surface area contributed by atoms with E-state index in [-0.39, 0.29) is 0 Å². The van der Waals surface area contributed by atoms with Gasteiger partial charge < -0.3 is 10.6 Å². The molecule has 2 fully saturated rings. The molecule has 0 radical (unpaired) electrons. The maximum absolute atomic E-state index is 5.63. The van der Waals surface area contributed by atoms with Crippen LogP contribution >= 0.6 is 0 Å². The van der Waals surface area contributed by atoms with Crippen LogP contribution in [0.15, 0.2) is 53.7 Å². The molecule has 2 aliphatic carbocycles. The normalized spacial score (nSPS) is 22.4. The lowest BCUT2D eigenvalue weighted by Crippen LogP contribution is -2.37. The van der Waals surface area contributed by atoms with Crippen LogP contribution in [-0.2, 0) is 0 Å². The molecule has 194 valence electrons. The van der Waals surface area contributed by atoms with Gasteiger partial charge in [-0.25, -0.2) is 0 Å². The maximum Gasteiger partial charge on any atom is 0.0418 e. The van der Waals surface area contributed by atoms with Crippen LogP contribution in [0.5, 0.6) is 0 Å². The van der Waals surface area contributed by atoms with Gasteiger partial charge in [0, 0.05) is 19.3 Å². The van der Waals surface area contributed by atoms with Gasteiger partial charge in [-0.3, -0.25) is 4.99 Å². The summed E-state index contributed by atoms with van der Waals surface area (Å²) in [7, 11) is 0. The summed E-state index contributed by atoms with van der Waals surface area (Å²) in [4.78, 5) is 7.23. The van der Waals surface area contributed by atoms with Crippen molar-refractivity contribution in [1.29, 1.82) is 0 Å². The van der Waals surface area contributed by atoms with Crippen molar-refractivity contribution in [2.75, 3.05) is 26.2 Å². The Balaban J connectivity index is 0.000000395. The molecule has 0 aromatic heterocycles. The van der Waals surface area contributed by atoms with Crippen LogP contribution in [0.25, 0.3) is 0 Å². The molecule has 1 unspecified atom stereocenters.